The number of hydrogen-bond donors (Lipinski definition) is 2. The molecule has 0 saturated carbocycles. The Kier molecular flexibility index (Phi) is 7.65. The average molecular weight is 465 g/mol. The van der Waals surface area contributed by atoms with Gasteiger partial charge in [0.2, 0.25) is 11.8 Å². The summed E-state index contributed by atoms with van der Waals surface area (Å²) in [4.78, 5) is 48.4. The summed E-state index contributed by atoms with van der Waals surface area (Å²) in [6.45, 7) is 0.0272. The van der Waals surface area contributed by atoms with E-state index in [1.807, 2.05) is 0 Å². The summed E-state index contributed by atoms with van der Waals surface area (Å²) in [6, 6.07) is 3.82. The molecule has 2 heterocycles. The number of nitrogens with one attached hydrogen (secondary N) is 1. The number of amides is 3. The van der Waals surface area contributed by atoms with E-state index in [9.17, 15) is 27.6 Å². The summed E-state index contributed by atoms with van der Waals surface area (Å²) < 4.78 is 26.0. The third kappa shape index (κ3) is 5.53. The molecule has 2 aliphatic rings. The van der Waals surface area contributed by atoms with Gasteiger partial charge in [-0.25, -0.2) is 8.42 Å². The maximum absolute atomic E-state index is 13.0. The van der Waals surface area contributed by atoms with E-state index in [0.717, 1.165) is 25.7 Å². The molecule has 10 heteroatoms. The molecule has 0 aromatic heterocycles. The Hall–Kier alpha value is -2.75. The van der Waals surface area contributed by atoms with Crippen LogP contribution in [0.1, 0.15) is 73.7 Å². The van der Waals surface area contributed by atoms with Gasteiger partial charge >= 0.3 is 5.97 Å². The first kappa shape index (κ1) is 23.9. The van der Waals surface area contributed by atoms with Gasteiger partial charge in [-0.2, -0.15) is 0 Å². The molecule has 2 aliphatic heterocycles. The Balaban J connectivity index is 1.60. The Labute approximate surface area is 187 Å². The number of sulfone groups is 1. The van der Waals surface area contributed by atoms with E-state index in [1.54, 1.807) is 12.1 Å². The number of hydrogen-bond acceptors (Lipinski definition) is 6. The van der Waals surface area contributed by atoms with Crippen molar-refractivity contribution in [2.24, 2.45) is 0 Å². The summed E-state index contributed by atoms with van der Waals surface area (Å²) in [6.07, 6.45) is 4.86. The van der Waals surface area contributed by atoms with Crippen LogP contribution in [0.25, 0.3) is 0 Å². The third-order valence-electron chi connectivity index (χ3n) is 5.93. The number of benzene rings is 1. The Morgan fingerprint density at radius 2 is 1.75 bits per heavy atom. The van der Waals surface area contributed by atoms with Crippen LogP contribution in [0.15, 0.2) is 23.1 Å². The summed E-state index contributed by atoms with van der Waals surface area (Å²) >= 11 is 0. The summed E-state index contributed by atoms with van der Waals surface area (Å²) in [7, 11) is -3.61. The summed E-state index contributed by atoms with van der Waals surface area (Å²) in [5.41, 5.74) is 0.699. The first-order valence-electron chi connectivity index (χ1n) is 10.9. The van der Waals surface area contributed by atoms with Crippen molar-refractivity contribution in [2.75, 3.05) is 5.75 Å². The molecule has 0 aliphatic carbocycles. The number of carboxylic acids is 1. The zero-order chi connectivity index (χ0) is 23.3. The van der Waals surface area contributed by atoms with E-state index in [-0.39, 0.29) is 47.9 Å². The molecule has 32 heavy (non-hydrogen) atoms. The van der Waals surface area contributed by atoms with Gasteiger partial charge in [-0.3, -0.25) is 24.5 Å². The van der Waals surface area contributed by atoms with Gasteiger partial charge in [0.15, 0.2) is 9.84 Å². The number of carbonyl (C=O) groups excluding carboxylic acids is 3. The highest BCUT2D eigenvalue weighted by molar-refractivity contribution is 7.91. The lowest BCUT2D eigenvalue weighted by molar-refractivity contribution is -0.138. The van der Waals surface area contributed by atoms with Crippen LogP contribution in [-0.2, 0) is 30.8 Å². The monoisotopic (exact) mass is 464 g/mol. The lowest BCUT2D eigenvalue weighted by Gasteiger charge is -2.29. The van der Waals surface area contributed by atoms with Gasteiger partial charge in [0.05, 0.1) is 10.6 Å². The minimum Gasteiger partial charge on any atom is -0.481 e. The first-order valence-corrected chi connectivity index (χ1v) is 12.6. The van der Waals surface area contributed by atoms with Crippen LogP contribution >= 0.6 is 0 Å². The van der Waals surface area contributed by atoms with Crippen molar-refractivity contribution in [3.05, 3.63) is 29.3 Å². The molecule has 1 saturated heterocycles. The second kappa shape index (κ2) is 10.2. The molecule has 1 unspecified atom stereocenters. The topological polar surface area (TPSA) is 138 Å². The van der Waals surface area contributed by atoms with Gasteiger partial charge in [0.25, 0.3) is 5.91 Å². The molecule has 1 fully saturated rings. The van der Waals surface area contributed by atoms with Crippen LogP contribution in [0.3, 0.4) is 0 Å². The molecule has 1 aromatic rings. The van der Waals surface area contributed by atoms with Crippen LogP contribution in [0, 0.1) is 0 Å². The number of carboxylic acid groups (broad SMARTS) is 1. The number of fused-ring (bicyclic) bond motifs is 1. The first-order chi connectivity index (χ1) is 15.2. The smallest absolute Gasteiger partial charge is 0.303 e. The van der Waals surface area contributed by atoms with Crippen LogP contribution in [0.2, 0.25) is 0 Å². The fourth-order valence-corrected chi connectivity index (χ4v) is 5.87. The maximum atomic E-state index is 13.0. The van der Waals surface area contributed by atoms with Crippen LogP contribution in [0.5, 0.6) is 0 Å². The lowest BCUT2D eigenvalue weighted by Crippen LogP contribution is -2.52. The van der Waals surface area contributed by atoms with Crippen molar-refractivity contribution in [1.29, 1.82) is 0 Å². The van der Waals surface area contributed by atoms with E-state index >= 15 is 0 Å². The fourth-order valence-electron chi connectivity index (χ4n) is 4.23. The van der Waals surface area contributed by atoms with E-state index < -0.39 is 33.7 Å². The Morgan fingerprint density at radius 1 is 1.06 bits per heavy atom. The molecule has 1 atom stereocenters. The number of carbonyl (C=O) groups is 4. The van der Waals surface area contributed by atoms with Gasteiger partial charge < -0.3 is 10.0 Å². The highest BCUT2D eigenvalue weighted by Crippen LogP contribution is 2.32. The molecule has 3 rings (SSSR count). The van der Waals surface area contributed by atoms with Gasteiger partial charge in [-0.15, -0.1) is 0 Å². The van der Waals surface area contributed by atoms with Crippen LogP contribution < -0.4 is 5.32 Å². The number of piperidine rings is 1. The summed E-state index contributed by atoms with van der Waals surface area (Å²) in [5, 5.41) is 10.9. The van der Waals surface area contributed by atoms with Crippen molar-refractivity contribution >= 4 is 33.5 Å². The Morgan fingerprint density at radius 3 is 2.44 bits per heavy atom. The van der Waals surface area contributed by atoms with Gasteiger partial charge in [-0.05, 0) is 31.4 Å². The van der Waals surface area contributed by atoms with E-state index in [4.69, 9.17) is 5.11 Å². The fraction of sp³-hybridized carbons (Fsp3) is 0.545. The summed E-state index contributed by atoms with van der Waals surface area (Å²) in [5.74, 6) is -2.14. The quantitative estimate of drug-likeness (QED) is 0.377. The second-order valence-corrected chi connectivity index (χ2v) is 10.3. The largest absolute Gasteiger partial charge is 0.481 e. The molecule has 0 bridgehead atoms. The second-order valence-electron chi connectivity index (χ2n) is 8.27. The van der Waals surface area contributed by atoms with Gasteiger partial charge in [0.1, 0.15) is 6.04 Å². The number of aliphatic carboxylic acids is 1. The number of rotatable bonds is 11. The average Bonchev–Trinajstić information content (AvgIpc) is 3.06. The minimum absolute atomic E-state index is 0.0272. The number of imide groups is 1. The number of unbranched alkanes of at least 4 members (excludes halogenated alkanes) is 5. The highest BCUT2D eigenvalue weighted by atomic mass is 32.2. The Bertz CT molecular complexity index is 1020. The molecule has 0 spiro atoms. The standard InChI is InChI=1S/C22H28N2O7S/c25-19-12-11-17(21(28)23-19)24-14-16-15(22(24)29)8-7-9-18(16)32(30,31)13-6-4-2-1-3-5-10-20(26)27/h7-9,17H,1-6,10-14H2,(H,26,27)(H,23,25,28). The normalized spacial score (nSPS) is 18.6. The molecule has 9 nitrogen and oxygen atoms in total. The third-order valence-corrected chi connectivity index (χ3v) is 7.81. The molecular formula is C22H28N2O7S. The van der Waals surface area contributed by atoms with Crippen molar-refractivity contribution in [3.63, 3.8) is 0 Å². The van der Waals surface area contributed by atoms with Crippen molar-refractivity contribution in [2.45, 2.75) is 75.3 Å². The van der Waals surface area contributed by atoms with Gasteiger partial charge in [0, 0.05) is 30.5 Å². The SMILES string of the molecule is O=C(O)CCCCCCCCS(=O)(=O)c1cccc2c1CN(C1CCC(=O)NC1=O)C2=O. The zero-order valence-electron chi connectivity index (χ0n) is 17.8. The highest BCUT2D eigenvalue weighted by Gasteiger charge is 2.40. The molecule has 2 N–H and O–H groups in total. The minimum atomic E-state index is -3.61. The van der Waals surface area contributed by atoms with Crippen LogP contribution in [0.4, 0.5) is 0 Å². The zero-order valence-corrected chi connectivity index (χ0v) is 18.7. The van der Waals surface area contributed by atoms with Crippen molar-refractivity contribution in [3.8, 4) is 0 Å². The number of nitrogens with zero attached hydrogens (tertiary/aromatic N) is 1. The lowest BCUT2D eigenvalue weighted by atomic mass is 10.0. The molecule has 1 aromatic carbocycles. The predicted octanol–water partition coefficient (Wildman–Crippen LogP) is 2.04. The van der Waals surface area contributed by atoms with E-state index in [2.05, 4.69) is 5.32 Å². The maximum Gasteiger partial charge on any atom is 0.303 e. The van der Waals surface area contributed by atoms with Crippen molar-refractivity contribution in [1.82, 2.24) is 10.2 Å². The van der Waals surface area contributed by atoms with E-state index in [1.165, 1.54) is 11.0 Å². The molecular weight excluding hydrogens is 436 g/mol. The van der Waals surface area contributed by atoms with E-state index in [0.29, 0.717) is 18.4 Å². The van der Waals surface area contributed by atoms with Crippen molar-refractivity contribution < 1.29 is 32.7 Å². The molecule has 0 radical (unpaired) electrons. The molecule has 3 amide bonds. The van der Waals surface area contributed by atoms with Gasteiger partial charge in [-0.1, -0.05) is 31.7 Å². The predicted molar refractivity (Wildman–Crippen MR) is 114 cm³/mol. The van der Waals surface area contributed by atoms with Crippen LogP contribution in [-0.4, -0.2) is 53.9 Å². The molecule has 174 valence electrons.